The fourth-order valence-corrected chi connectivity index (χ4v) is 2.56. The van der Waals surface area contributed by atoms with E-state index in [9.17, 15) is 9.36 Å². The van der Waals surface area contributed by atoms with Crippen LogP contribution in [0.15, 0.2) is 0 Å². The Hall–Kier alpha value is -0.420. The highest BCUT2D eigenvalue weighted by molar-refractivity contribution is 7.54. The van der Waals surface area contributed by atoms with Gasteiger partial charge in [-0.05, 0) is 27.7 Å². The topological polar surface area (TPSA) is 90.6 Å². The SMILES string of the molecule is CCOP(=O)(OCC)[C@H](C)NC(=O)C(C)N. The Morgan fingerprint density at radius 2 is 1.75 bits per heavy atom. The molecule has 1 amide bonds. The van der Waals surface area contributed by atoms with Gasteiger partial charge in [-0.3, -0.25) is 9.36 Å². The number of amides is 1. The summed E-state index contributed by atoms with van der Waals surface area (Å²) in [7, 11) is -3.29. The molecule has 2 atom stereocenters. The first-order valence-corrected chi connectivity index (χ1v) is 6.93. The number of hydrogen-bond donors (Lipinski definition) is 2. The molecule has 0 radical (unpaired) electrons. The van der Waals surface area contributed by atoms with E-state index in [1.807, 2.05) is 0 Å². The van der Waals surface area contributed by atoms with Crippen molar-refractivity contribution in [3.8, 4) is 0 Å². The molecule has 0 fully saturated rings. The first kappa shape index (κ1) is 15.6. The fraction of sp³-hybridized carbons (Fsp3) is 0.889. The molecule has 16 heavy (non-hydrogen) atoms. The molecule has 96 valence electrons. The Balaban J connectivity index is 4.56. The molecule has 3 N–H and O–H groups in total. The highest BCUT2D eigenvalue weighted by atomic mass is 31.2. The molecule has 0 rings (SSSR count). The standard InChI is InChI=1S/C9H21N2O4P/c1-5-14-16(13,15-6-2)8(4)11-9(12)7(3)10/h7-8H,5-6,10H2,1-4H3,(H,11,12)/t7?,8-/m1/s1. The third-order valence-electron chi connectivity index (χ3n) is 1.86. The highest BCUT2D eigenvalue weighted by Gasteiger charge is 2.33. The molecule has 0 aromatic heterocycles. The van der Waals surface area contributed by atoms with Crippen molar-refractivity contribution in [2.24, 2.45) is 5.73 Å². The molecule has 7 heteroatoms. The average Bonchev–Trinajstić information content (AvgIpc) is 2.18. The van der Waals surface area contributed by atoms with Crippen LogP contribution in [0.4, 0.5) is 0 Å². The van der Waals surface area contributed by atoms with Gasteiger partial charge in [0.15, 0.2) is 0 Å². The summed E-state index contributed by atoms with van der Waals surface area (Å²) in [6.45, 7) is 7.07. The smallest absolute Gasteiger partial charge is 0.341 e. The highest BCUT2D eigenvalue weighted by Crippen LogP contribution is 2.51. The predicted molar refractivity (Wildman–Crippen MR) is 62.1 cm³/mol. The maximum absolute atomic E-state index is 12.2. The van der Waals surface area contributed by atoms with Crippen molar-refractivity contribution in [1.82, 2.24) is 5.32 Å². The number of rotatable bonds is 7. The zero-order chi connectivity index (χ0) is 12.8. The second-order valence-corrected chi connectivity index (χ2v) is 5.72. The molecule has 0 aliphatic rings. The number of nitrogens with one attached hydrogen (secondary N) is 1. The third kappa shape index (κ3) is 4.61. The molecule has 0 spiro atoms. The summed E-state index contributed by atoms with van der Waals surface area (Å²) in [6, 6.07) is -0.654. The third-order valence-corrected chi connectivity index (χ3v) is 4.17. The van der Waals surface area contributed by atoms with E-state index in [1.54, 1.807) is 27.7 Å². The Kier molecular flexibility index (Phi) is 6.83. The Labute approximate surface area is 96.4 Å². The van der Waals surface area contributed by atoms with Crippen molar-refractivity contribution in [3.63, 3.8) is 0 Å². The van der Waals surface area contributed by atoms with Gasteiger partial charge in [0, 0.05) is 0 Å². The molecule has 0 saturated heterocycles. The quantitative estimate of drug-likeness (QED) is 0.661. The van der Waals surface area contributed by atoms with E-state index in [0.29, 0.717) is 0 Å². The molecule has 0 aromatic carbocycles. The van der Waals surface area contributed by atoms with Crippen LogP contribution in [0.25, 0.3) is 0 Å². The maximum atomic E-state index is 12.2. The van der Waals surface area contributed by atoms with E-state index in [-0.39, 0.29) is 19.1 Å². The van der Waals surface area contributed by atoms with Crippen molar-refractivity contribution in [2.45, 2.75) is 39.5 Å². The number of nitrogens with two attached hydrogens (primary N) is 1. The van der Waals surface area contributed by atoms with Crippen LogP contribution in [-0.4, -0.2) is 30.9 Å². The lowest BCUT2D eigenvalue weighted by atomic mass is 10.3. The first-order valence-electron chi connectivity index (χ1n) is 5.32. The summed E-state index contributed by atoms with van der Waals surface area (Å²) in [6.07, 6.45) is 0. The van der Waals surface area contributed by atoms with Crippen LogP contribution in [0.1, 0.15) is 27.7 Å². The second-order valence-electron chi connectivity index (χ2n) is 3.35. The van der Waals surface area contributed by atoms with Gasteiger partial charge < -0.3 is 20.1 Å². The lowest BCUT2D eigenvalue weighted by molar-refractivity contribution is -0.122. The van der Waals surface area contributed by atoms with Crippen LogP contribution in [-0.2, 0) is 18.4 Å². The number of carbonyl (C=O) groups is 1. The van der Waals surface area contributed by atoms with Crippen molar-refractivity contribution in [2.75, 3.05) is 13.2 Å². The Morgan fingerprint density at radius 3 is 2.06 bits per heavy atom. The Morgan fingerprint density at radius 1 is 1.31 bits per heavy atom. The van der Waals surface area contributed by atoms with Crippen LogP contribution in [0.5, 0.6) is 0 Å². The molecule has 0 aromatic rings. The lowest BCUT2D eigenvalue weighted by Crippen LogP contribution is -2.43. The van der Waals surface area contributed by atoms with Gasteiger partial charge in [0.05, 0.1) is 19.3 Å². The van der Waals surface area contributed by atoms with Crippen LogP contribution in [0.2, 0.25) is 0 Å². The van der Waals surface area contributed by atoms with Crippen LogP contribution < -0.4 is 11.1 Å². The molecule has 6 nitrogen and oxygen atoms in total. The second kappa shape index (κ2) is 7.01. The van der Waals surface area contributed by atoms with Crippen molar-refractivity contribution < 1.29 is 18.4 Å². The van der Waals surface area contributed by atoms with E-state index in [4.69, 9.17) is 14.8 Å². The molecule has 0 bridgehead atoms. The average molecular weight is 252 g/mol. The monoisotopic (exact) mass is 252 g/mol. The van der Waals surface area contributed by atoms with Crippen LogP contribution in [0, 0.1) is 0 Å². The van der Waals surface area contributed by atoms with Gasteiger partial charge in [-0.2, -0.15) is 0 Å². The van der Waals surface area contributed by atoms with Gasteiger partial charge in [-0.25, -0.2) is 0 Å². The summed E-state index contributed by atoms with van der Waals surface area (Å²) in [5.74, 6) is -1.09. The summed E-state index contributed by atoms with van der Waals surface area (Å²) in [5, 5.41) is 2.51. The zero-order valence-electron chi connectivity index (χ0n) is 10.2. The van der Waals surface area contributed by atoms with Gasteiger partial charge in [-0.1, -0.05) is 0 Å². The minimum absolute atomic E-state index is 0.260. The molecule has 0 heterocycles. The molecule has 1 unspecified atom stereocenters. The minimum Gasteiger partial charge on any atom is -0.341 e. The van der Waals surface area contributed by atoms with Crippen LogP contribution >= 0.6 is 7.60 Å². The predicted octanol–water partition coefficient (Wildman–Crippen LogP) is 1.06. The summed E-state index contributed by atoms with van der Waals surface area (Å²) in [4.78, 5) is 11.3. The van der Waals surface area contributed by atoms with E-state index < -0.39 is 19.4 Å². The largest absolute Gasteiger partial charge is 0.352 e. The number of hydrogen-bond acceptors (Lipinski definition) is 5. The zero-order valence-corrected chi connectivity index (χ0v) is 11.1. The normalized spacial score (nSPS) is 15.6. The molecule has 0 aliphatic heterocycles. The van der Waals surface area contributed by atoms with Crippen molar-refractivity contribution in [3.05, 3.63) is 0 Å². The van der Waals surface area contributed by atoms with Gasteiger partial charge in [0.1, 0.15) is 5.78 Å². The summed E-state index contributed by atoms with van der Waals surface area (Å²) < 4.78 is 22.4. The summed E-state index contributed by atoms with van der Waals surface area (Å²) >= 11 is 0. The molecule has 0 aliphatic carbocycles. The lowest BCUT2D eigenvalue weighted by Gasteiger charge is -2.24. The van der Waals surface area contributed by atoms with E-state index in [0.717, 1.165) is 0 Å². The Bertz CT molecular complexity index is 260. The molecular formula is C9H21N2O4P. The fourth-order valence-electron chi connectivity index (χ4n) is 1.04. The minimum atomic E-state index is -3.29. The van der Waals surface area contributed by atoms with Gasteiger partial charge in [0.2, 0.25) is 5.91 Å². The van der Waals surface area contributed by atoms with Crippen LogP contribution in [0.3, 0.4) is 0 Å². The first-order chi connectivity index (χ1) is 7.37. The van der Waals surface area contributed by atoms with E-state index >= 15 is 0 Å². The van der Waals surface area contributed by atoms with Crippen molar-refractivity contribution >= 4 is 13.5 Å². The van der Waals surface area contributed by atoms with E-state index in [1.165, 1.54) is 0 Å². The number of carbonyl (C=O) groups excluding carboxylic acids is 1. The van der Waals surface area contributed by atoms with E-state index in [2.05, 4.69) is 5.32 Å². The molecule has 0 saturated carbocycles. The van der Waals surface area contributed by atoms with Gasteiger partial charge >= 0.3 is 7.60 Å². The van der Waals surface area contributed by atoms with Crippen molar-refractivity contribution in [1.29, 1.82) is 0 Å². The van der Waals surface area contributed by atoms with Gasteiger partial charge in [-0.15, -0.1) is 0 Å². The maximum Gasteiger partial charge on any atom is 0.352 e. The summed E-state index contributed by atoms with van der Waals surface area (Å²) in [5.41, 5.74) is 5.39. The van der Waals surface area contributed by atoms with Gasteiger partial charge in [0.25, 0.3) is 0 Å². The molecular weight excluding hydrogens is 231 g/mol.